The first-order valence-electron chi connectivity index (χ1n) is 4.89. The lowest BCUT2D eigenvalue weighted by molar-refractivity contribution is 0.0703. The molecule has 0 radical (unpaired) electrons. The van der Waals surface area contributed by atoms with E-state index in [1.165, 1.54) is 24.5 Å². The molecule has 2 aromatic heterocycles. The highest BCUT2D eigenvalue weighted by atomic mass is 32.1. The zero-order valence-electron chi connectivity index (χ0n) is 8.97. The maximum Gasteiger partial charge on any atom is 0.348 e. The molecule has 0 saturated carbocycles. The standard InChI is InChI=1S/C11H8N2O4S/c14-8-1-3-12-5-6(8)10(15)13-7-2-4-18-9(7)11(16)17/h1-5H,(H,12,14)(H,13,15)(H,16,17). The first-order chi connectivity index (χ1) is 8.59. The fourth-order valence-corrected chi connectivity index (χ4v) is 2.04. The zero-order valence-corrected chi connectivity index (χ0v) is 9.78. The summed E-state index contributed by atoms with van der Waals surface area (Å²) >= 11 is 0.999. The fourth-order valence-electron chi connectivity index (χ4n) is 1.36. The molecule has 1 amide bonds. The number of amides is 1. The first kappa shape index (κ1) is 12.1. The van der Waals surface area contributed by atoms with Gasteiger partial charge in [-0.15, -0.1) is 11.3 Å². The maximum absolute atomic E-state index is 11.8. The summed E-state index contributed by atoms with van der Waals surface area (Å²) in [4.78, 5) is 36.7. The Bertz CT molecular complexity index is 659. The van der Waals surface area contributed by atoms with E-state index in [1.54, 1.807) is 5.38 Å². The number of hydrogen-bond acceptors (Lipinski definition) is 4. The Labute approximate surface area is 105 Å². The van der Waals surface area contributed by atoms with Gasteiger partial charge in [0, 0.05) is 18.5 Å². The van der Waals surface area contributed by atoms with Gasteiger partial charge in [-0.2, -0.15) is 0 Å². The van der Waals surface area contributed by atoms with Crippen LogP contribution in [0.25, 0.3) is 0 Å². The Balaban J connectivity index is 2.28. The SMILES string of the molecule is O=C(O)c1sccc1NC(=O)c1c[nH]ccc1=O. The number of carbonyl (C=O) groups is 2. The number of aromatic amines is 1. The third-order valence-corrected chi connectivity index (χ3v) is 3.08. The van der Waals surface area contributed by atoms with E-state index in [9.17, 15) is 14.4 Å². The fraction of sp³-hybridized carbons (Fsp3) is 0. The quantitative estimate of drug-likeness (QED) is 0.779. The van der Waals surface area contributed by atoms with Crippen molar-refractivity contribution in [1.82, 2.24) is 4.98 Å². The molecule has 0 aromatic carbocycles. The van der Waals surface area contributed by atoms with Crippen molar-refractivity contribution < 1.29 is 14.7 Å². The number of pyridine rings is 1. The molecule has 0 aliphatic rings. The summed E-state index contributed by atoms with van der Waals surface area (Å²) in [5.41, 5.74) is -0.320. The van der Waals surface area contributed by atoms with E-state index in [4.69, 9.17) is 5.11 Å². The van der Waals surface area contributed by atoms with Gasteiger partial charge < -0.3 is 15.4 Å². The predicted molar refractivity (Wildman–Crippen MR) is 66.3 cm³/mol. The van der Waals surface area contributed by atoms with E-state index in [-0.39, 0.29) is 16.1 Å². The third-order valence-electron chi connectivity index (χ3n) is 2.18. The Morgan fingerprint density at radius 1 is 1.33 bits per heavy atom. The van der Waals surface area contributed by atoms with Crippen molar-refractivity contribution in [3.05, 3.63) is 50.6 Å². The molecule has 0 saturated heterocycles. The highest BCUT2D eigenvalue weighted by Crippen LogP contribution is 2.22. The number of nitrogens with one attached hydrogen (secondary N) is 2. The number of anilines is 1. The summed E-state index contributed by atoms with van der Waals surface area (Å²) in [7, 11) is 0. The predicted octanol–water partition coefficient (Wildman–Crippen LogP) is 1.39. The Kier molecular flexibility index (Phi) is 3.24. The molecule has 0 fully saturated rings. The molecule has 3 N–H and O–H groups in total. The van der Waals surface area contributed by atoms with Gasteiger partial charge in [0.1, 0.15) is 10.4 Å². The van der Waals surface area contributed by atoms with Crippen LogP contribution in [-0.4, -0.2) is 22.0 Å². The van der Waals surface area contributed by atoms with E-state index in [0.717, 1.165) is 11.3 Å². The van der Waals surface area contributed by atoms with Crippen molar-refractivity contribution in [2.75, 3.05) is 5.32 Å². The van der Waals surface area contributed by atoms with Crippen LogP contribution in [0.1, 0.15) is 20.0 Å². The smallest absolute Gasteiger partial charge is 0.348 e. The molecule has 0 bridgehead atoms. The minimum atomic E-state index is -1.12. The van der Waals surface area contributed by atoms with E-state index in [2.05, 4.69) is 10.3 Å². The van der Waals surface area contributed by atoms with Crippen molar-refractivity contribution in [2.45, 2.75) is 0 Å². The van der Waals surface area contributed by atoms with Crippen LogP contribution in [0.15, 0.2) is 34.7 Å². The monoisotopic (exact) mass is 264 g/mol. The van der Waals surface area contributed by atoms with Gasteiger partial charge in [0.15, 0.2) is 5.43 Å². The van der Waals surface area contributed by atoms with E-state index in [1.807, 2.05) is 0 Å². The average molecular weight is 264 g/mol. The van der Waals surface area contributed by atoms with Crippen molar-refractivity contribution >= 4 is 28.9 Å². The lowest BCUT2D eigenvalue weighted by Crippen LogP contribution is -2.21. The molecule has 0 aliphatic heterocycles. The molecule has 0 aliphatic carbocycles. The van der Waals surface area contributed by atoms with E-state index in [0.29, 0.717) is 0 Å². The van der Waals surface area contributed by atoms with Crippen LogP contribution in [0, 0.1) is 0 Å². The van der Waals surface area contributed by atoms with Crippen molar-refractivity contribution in [3.63, 3.8) is 0 Å². The number of carboxylic acids is 1. The third kappa shape index (κ3) is 2.30. The first-order valence-corrected chi connectivity index (χ1v) is 5.77. The number of rotatable bonds is 3. The number of thiophene rings is 1. The molecule has 0 unspecified atom stereocenters. The molecule has 92 valence electrons. The Morgan fingerprint density at radius 3 is 2.78 bits per heavy atom. The van der Waals surface area contributed by atoms with Crippen LogP contribution >= 0.6 is 11.3 Å². The van der Waals surface area contributed by atoms with Gasteiger partial charge in [-0.05, 0) is 11.4 Å². The molecular formula is C11H8N2O4S. The highest BCUT2D eigenvalue weighted by Gasteiger charge is 2.16. The van der Waals surface area contributed by atoms with Gasteiger partial charge in [-0.25, -0.2) is 4.79 Å². The van der Waals surface area contributed by atoms with Crippen LogP contribution in [-0.2, 0) is 0 Å². The number of H-pyrrole nitrogens is 1. The second-order valence-corrected chi connectivity index (χ2v) is 4.26. The lowest BCUT2D eigenvalue weighted by Gasteiger charge is -2.03. The zero-order chi connectivity index (χ0) is 13.1. The minimum absolute atomic E-state index is 0.0238. The summed E-state index contributed by atoms with van der Waals surface area (Å²) in [6.45, 7) is 0. The summed E-state index contributed by atoms with van der Waals surface area (Å²) in [5.74, 6) is -1.76. The molecule has 18 heavy (non-hydrogen) atoms. The minimum Gasteiger partial charge on any atom is -0.477 e. The number of hydrogen-bond donors (Lipinski definition) is 3. The van der Waals surface area contributed by atoms with Crippen molar-refractivity contribution in [2.24, 2.45) is 0 Å². The summed E-state index contributed by atoms with van der Waals surface area (Å²) < 4.78 is 0. The number of carboxylic acid groups (broad SMARTS) is 1. The van der Waals surface area contributed by atoms with Gasteiger partial charge in [0.05, 0.1) is 5.69 Å². The molecule has 7 heteroatoms. The van der Waals surface area contributed by atoms with Crippen LogP contribution in [0.2, 0.25) is 0 Å². The van der Waals surface area contributed by atoms with Crippen LogP contribution in [0.3, 0.4) is 0 Å². The Hall–Kier alpha value is -2.41. The second kappa shape index (κ2) is 4.84. The summed E-state index contributed by atoms with van der Waals surface area (Å²) in [5, 5.41) is 12.8. The summed E-state index contributed by atoms with van der Waals surface area (Å²) in [6, 6.07) is 2.70. The van der Waals surface area contributed by atoms with Crippen molar-refractivity contribution in [3.8, 4) is 0 Å². The molecular weight excluding hydrogens is 256 g/mol. The van der Waals surface area contributed by atoms with Gasteiger partial charge in [0.25, 0.3) is 5.91 Å². The topological polar surface area (TPSA) is 99.3 Å². The highest BCUT2D eigenvalue weighted by molar-refractivity contribution is 7.12. The van der Waals surface area contributed by atoms with Gasteiger partial charge in [-0.3, -0.25) is 9.59 Å². The molecule has 2 aromatic rings. The van der Waals surface area contributed by atoms with Crippen molar-refractivity contribution in [1.29, 1.82) is 0 Å². The van der Waals surface area contributed by atoms with Crippen LogP contribution in [0.5, 0.6) is 0 Å². The second-order valence-electron chi connectivity index (χ2n) is 3.34. The van der Waals surface area contributed by atoms with Crippen LogP contribution in [0.4, 0.5) is 5.69 Å². The normalized spacial score (nSPS) is 10.0. The van der Waals surface area contributed by atoms with Gasteiger partial charge >= 0.3 is 5.97 Å². The number of aromatic nitrogens is 1. The number of aromatic carboxylic acids is 1. The number of carbonyl (C=O) groups excluding carboxylic acids is 1. The van der Waals surface area contributed by atoms with E-state index >= 15 is 0 Å². The van der Waals surface area contributed by atoms with Crippen LogP contribution < -0.4 is 10.7 Å². The van der Waals surface area contributed by atoms with Gasteiger partial charge in [-0.1, -0.05) is 0 Å². The molecule has 0 spiro atoms. The molecule has 0 atom stereocenters. The molecule has 6 nitrogen and oxygen atoms in total. The Morgan fingerprint density at radius 2 is 2.11 bits per heavy atom. The van der Waals surface area contributed by atoms with E-state index < -0.39 is 17.3 Å². The largest absolute Gasteiger partial charge is 0.477 e. The molecule has 2 rings (SSSR count). The molecule has 2 heterocycles. The maximum atomic E-state index is 11.8. The lowest BCUT2D eigenvalue weighted by atomic mass is 10.2. The summed E-state index contributed by atoms with van der Waals surface area (Å²) in [6.07, 6.45) is 2.68. The van der Waals surface area contributed by atoms with Gasteiger partial charge in [0.2, 0.25) is 0 Å². The average Bonchev–Trinajstić information content (AvgIpc) is 2.77.